The second kappa shape index (κ2) is 6.24. The van der Waals surface area contributed by atoms with E-state index in [4.69, 9.17) is 9.94 Å². The minimum atomic E-state index is 0.409. The van der Waals surface area contributed by atoms with Crippen molar-refractivity contribution in [2.24, 2.45) is 5.16 Å². The lowest BCUT2D eigenvalue weighted by Crippen LogP contribution is -1.95. The van der Waals surface area contributed by atoms with E-state index in [0.717, 1.165) is 17.1 Å². The Labute approximate surface area is 119 Å². The average Bonchev–Trinajstić information content (AvgIpc) is 2.41. The Kier molecular flexibility index (Phi) is 4.41. The summed E-state index contributed by atoms with van der Waals surface area (Å²) in [6.07, 6.45) is 1.38. The maximum atomic E-state index is 8.49. The molecule has 0 atom stereocenters. The van der Waals surface area contributed by atoms with Crippen molar-refractivity contribution in [2.45, 2.75) is 26.7 Å². The Balaban J connectivity index is 2.27. The second-order valence-electron chi connectivity index (χ2n) is 5.11. The number of hydrogen-bond donors (Lipinski definition) is 1. The molecular formula is C17H19NO2. The van der Waals surface area contributed by atoms with E-state index in [1.165, 1.54) is 17.3 Å². The fourth-order valence-electron chi connectivity index (χ4n) is 2.02. The number of oxime groups is 1. The number of benzene rings is 2. The van der Waals surface area contributed by atoms with E-state index < -0.39 is 0 Å². The molecule has 3 nitrogen and oxygen atoms in total. The summed E-state index contributed by atoms with van der Waals surface area (Å²) in [5, 5.41) is 11.5. The van der Waals surface area contributed by atoms with Gasteiger partial charge in [0.05, 0.1) is 6.21 Å². The summed E-state index contributed by atoms with van der Waals surface area (Å²) in [5.74, 6) is 2.07. The first-order valence-electron chi connectivity index (χ1n) is 6.66. The highest BCUT2D eigenvalue weighted by molar-refractivity contribution is 5.79. The van der Waals surface area contributed by atoms with E-state index >= 15 is 0 Å². The van der Waals surface area contributed by atoms with E-state index in [9.17, 15) is 0 Å². The summed E-state index contributed by atoms with van der Waals surface area (Å²) < 4.78 is 5.98. The molecule has 0 amide bonds. The van der Waals surface area contributed by atoms with Gasteiger partial charge in [0, 0.05) is 0 Å². The smallest absolute Gasteiger partial charge is 0.131 e. The topological polar surface area (TPSA) is 41.8 Å². The van der Waals surface area contributed by atoms with Crippen molar-refractivity contribution in [2.75, 3.05) is 0 Å². The van der Waals surface area contributed by atoms with Gasteiger partial charge in [0.25, 0.3) is 0 Å². The first kappa shape index (κ1) is 14.1. The Bertz CT molecular complexity index is 601. The molecule has 20 heavy (non-hydrogen) atoms. The molecule has 0 aromatic heterocycles. The van der Waals surface area contributed by atoms with Crippen LogP contribution in [0, 0.1) is 6.92 Å². The summed E-state index contributed by atoms with van der Waals surface area (Å²) >= 11 is 0. The van der Waals surface area contributed by atoms with Crippen LogP contribution in [0.2, 0.25) is 0 Å². The molecule has 0 aliphatic heterocycles. The van der Waals surface area contributed by atoms with Crippen molar-refractivity contribution >= 4 is 6.21 Å². The van der Waals surface area contributed by atoms with Gasteiger partial charge in [-0.1, -0.05) is 31.1 Å². The van der Waals surface area contributed by atoms with Gasteiger partial charge >= 0.3 is 0 Å². The Morgan fingerprint density at radius 3 is 2.40 bits per heavy atom. The van der Waals surface area contributed by atoms with E-state index in [2.05, 4.69) is 44.1 Å². The molecule has 0 heterocycles. The summed E-state index contributed by atoms with van der Waals surface area (Å²) in [5.41, 5.74) is 3.19. The van der Waals surface area contributed by atoms with E-state index in [0.29, 0.717) is 5.92 Å². The standard InChI is InChI=1S/C17H19NO2/c1-12(2)16-9-4-13(3)10-17(16)20-15-7-5-14(6-8-15)11-18-19/h4-12,19H,1-3H3. The molecule has 0 saturated heterocycles. The fourth-order valence-corrected chi connectivity index (χ4v) is 2.02. The largest absolute Gasteiger partial charge is 0.457 e. The van der Waals surface area contributed by atoms with Crippen LogP contribution in [0.25, 0.3) is 0 Å². The predicted octanol–water partition coefficient (Wildman–Crippen LogP) is 4.72. The lowest BCUT2D eigenvalue weighted by molar-refractivity contribution is 0.322. The highest BCUT2D eigenvalue weighted by atomic mass is 16.5. The minimum Gasteiger partial charge on any atom is -0.457 e. The third-order valence-electron chi connectivity index (χ3n) is 3.11. The zero-order valence-electron chi connectivity index (χ0n) is 12.0. The molecular weight excluding hydrogens is 250 g/mol. The molecule has 0 saturated carbocycles. The minimum absolute atomic E-state index is 0.409. The molecule has 0 bridgehead atoms. The summed E-state index contributed by atoms with van der Waals surface area (Å²) in [6.45, 7) is 6.36. The maximum absolute atomic E-state index is 8.49. The van der Waals surface area contributed by atoms with Crippen LogP contribution in [-0.4, -0.2) is 11.4 Å². The van der Waals surface area contributed by atoms with Crippen LogP contribution in [0.1, 0.15) is 36.5 Å². The number of nitrogens with zero attached hydrogens (tertiary/aromatic N) is 1. The van der Waals surface area contributed by atoms with Crippen LogP contribution in [0.15, 0.2) is 47.6 Å². The quantitative estimate of drug-likeness (QED) is 0.496. The molecule has 3 heteroatoms. The summed E-state index contributed by atoms with van der Waals surface area (Å²) in [7, 11) is 0. The van der Waals surface area contributed by atoms with Crippen LogP contribution >= 0.6 is 0 Å². The second-order valence-corrected chi connectivity index (χ2v) is 5.11. The number of hydrogen-bond acceptors (Lipinski definition) is 3. The first-order valence-corrected chi connectivity index (χ1v) is 6.66. The monoisotopic (exact) mass is 269 g/mol. The van der Waals surface area contributed by atoms with Crippen LogP contribution in [-0.2, 0) is 0 Å². The highest BCUT2D eigenvalue weighted by Gasteiger charge is 2.09. The van der Waals surface area contributed by atoms with Gasteiger partial charge in [-0.3, -0.25) is 0 Å². The Morgan fingerprint density at radius 1 is 1.10 bits per heavy atom. The fraction of sp³-hybridized carbons (Fsp3) is 0.235. The number of ether oxygens (including phenoxy) is 1. The molecule has 2 aromatic carbocycles. The maximum Gasteiger partial charge on any atom is 0.131 e. The molecule has 0 unspecified atom stereocenters. The van der Waals surface area contributed by atoms with Crippen molar-refractivity contribution < 1.29 is 9.94 Å². The van der Waals surface area contributed by atoms with Crippen LogP contribution < -0.4 is 4.74 Å². The third-order valence-corrected chi connectivity index (χ3v) is 3.11. The van der Waals surface area contributed by atoms with Crippen molar-refractivity contribution in [3.05, 3.63) is 59.2 Å². The summed E-state index contributed by atoms with van der Waals surface area (Å²) in [6, 6.07) is 13.7. The Morgan fingerprint density at radius 2 is 1.80 bits per heavy atom. The van der Waals surface area contributed by atoms with Gasteiger partial charge in [-0.05, 0) is 59.9 Å². The predicted molar refractivity (Wildman–Crippen MR) is 81.2 cm³/mol. The normalized spacial score (nSPS) is 11.2. The van der Waals surface area contributed by atoms with E-state index in [1.807, 2.05) is 24.3 Å². The van der Waals surface area contributed by atoms with Crippen molar-refractivity contribution in [3.8, 4) is 11.5 Å². The van der Waals surface area contributed by atoms with Crippen molar-refractivity contribution in [3.63, 3.8) is 0 Å². The molecule has 2 aromatic rings. The summed E-state index contributed by atoms with van der Waals surface area (Å²) in [4.78, 5) is 0. The molecule has 1 N–H and O–H groups in total. The van der Waals surface area contributed by atoms with Crippen molar-refractivity contribution in [1.82, 2.24) is 0 Å². The molecule has 104 valence electrons. The van der Waals surface area contributed by atoms with Crippen LogP contribution in [0.5, 0.6) is 11.5 Å². The van der Waals surface area contributed by atoms with Crippen LogP contribution in [0.3, 0.4) is 0 Å². The lowest BCUT2D eigenvalue weighted by atomic mass is 10.0. The van der Waals surface area contributed by atoms with Crippen molar-refractivity contribution in [1.29, 1.82) is 0 Å². The third kappa shape index (κ3) is 3.38. The molecule has 0 spiro atoms. The van der Waals surface area contributed by atoms with Gasteiger partial charge < -0.3 is 9.94 Å². The van der Waals surface area contributed by atoms with Gasteiger partial charge in [0.2, 0.25) is 0 Å². The number of rotatable bonds is 4. The van der Waals surface area contributed by atoms with Gasteiger partial charge in [0.1, 0.15) is 11.5 Å². The van der Waals surface area contributed by atoms with Gasteiger partial charge in [-0.25, -0.2) is 0 Å². The van der Waals surface area contributed by atoms with Gasteiger partial charge in [-0.2, -0.15) is 0 Å². The highest BCUT2D eigenvalue weighted by Crippen LogP contribution is 2.31. The van der Waals surface area contributed by atoms with E-state index in [-0.39, 0.29) is 0 Å². The van der Waals surface area contributed by atoms with Crippen LogP contribution in [0.4, 0.5) is 0 Å². The lowest BCUT2D eigenvalue weighted by Gasteiger charge is -2.14. The van der Waals surface area contributed by atoms with Gasteiger partial charge in [0.15, 0.2) is 0 Å². The van der Waals surface area contributed by atoms with E-state index in [1.54, 1.807) is 0 Å². The molecule has 0 aliphatic carbocycles. The Hall–Kier alpha value is -2.29. The average molecular weight is 269 g/mol. The molecule has 0 fully saturated rings. The first-order chi connectivity index (χ1) is 9.60. The molecule has 0 aliphatic rings. The van der Waals surface area contributed by atoms with Gasteiger partial charge in [-0.15, -0.1) is 0 Å². The molecule has 0 radical (unpaired) electrons. The SMILES string of the molecule is Cc1ccc(C(C)C)c(Oc2ccc(C=NO)cc2)c1. The molecule has 2 rings (SSSR count). The zero-order chi connectivity index (χ0) is 14.5. The number of aryl methyl sites for hydroxylation is 1. The zero-order valence-corrected chi connectivity index (χ0v) is 12.0.